The van der Waals surface area contributed by atoms with Gasteiger partial charge in [0.15, 0.2) is 0 Å². The number of hydrogen-bond donors (Lipinski definition) is 1. The van der Waals surface area contributed by atoms with Crippen LogP contribution in [0, 0.1) is 11.3 Å². The SMILES string of the molecule is COC(=O)CCNC(=O)/C=C/c1cccc(C#N)c1. The minimum atomic E-state index is -0.369. The van der Waals surface area contributed by atoms with Crippen molar-refractivity contribution >= 4 is 18.0 Å². The lowest BCUT2D eigenvalue weighted by Gasteiger charge is -2.00. The standard InChI is InChI=1S/C14H14N2O3/c1-19-14(18)7-8-16-13(17)6-5-11-3-2-4-12(9-11)10-15/h2-6,9H,7-8H2,1H3,(H,16,17)/b6-5+. The van der Waals surface area contributed by atoms with Crippen LogP contribution in [0.25, 0.3) is 6.08 Å². The molecular formula is C14H14N2O3. The highest BCUT2D eigenvalue weighted by molar-refractivity contribution is 5.91. The summed E-state index contributed by atoms with van der Waals surface area (Å²) in [5, 5.41) is 11.3. The molecule has 0 atom stereocenters. The number of ether oxygens (including phenoxy) is 1. The summed E-state index contributed by atoms with van der Waals surface area (Å²) in [6.45, 7) is 0.230. The van der Waals surface area contributed by atoms with Gasteiger partial charge in [-0.25, -0.2) is 0 Å². The Labute approximate surface area is 111 Å². The Hall–Kier alpha value is -2.61. The maximum Gasteiger partial charge on any atom is 0.307 e. The second-order valence-corrected chi connectivity index (χ2v) is 3.69. The maximum absolute atomic E-state index is 11.4. The number of nitriles is 1. The van der Waals surface area contributed by atoms with E-state index >= 15 is 0 Å². The fourth-order valence-corrected chi connectivity index (χ4v) is 1.33. The number of amides is 1. The number of benzene rings is 1. The molecular weight excluding hydrogens is 244 g/mol. The Kier molecular flexibility index (Phi) is 5.83. The van der Waals surface area contributed by atoms with Crippen LogP contribution < -0.4 is 5.32 Å². The van der Waals surface area contributed by atoms with Crippen LogP contribution in [-0.4, -0.2) is 25.5 Å². The summed E-state index contributed by atoms with van der Waals surface area (Å²) in [4.78, 5) is 22.2. The molecule has 0 aliphatic carbocycles. The van der Waals surface area contributed by atoms with E-state index in [0.717, 1.165) is 5.56 Å². The molecule has 0 aliphatic rings. The lowest BCUT2D eigenvalue weighted by molar-refractivity contribution is -0.140. The Balaban J connectivity index is 2.45. The van der Waals surface area contributed by atoms with Crippen LogP contribution >= 0.6 is 0 Å². The summed E-state index contributed by atoms with van der Waals surface area (Å²) in [7, 11) is 1.30. The lowest BCUT2D eigenvalue weighted by atomic mass is 10.1. The van der Waals surface area contributed by atoms with Crippen molar-refractivity contribution in [1.82, 2.24) is 5.32 Å². The summed E-state index contributed by atoms with van der Waals surface area (Å²) in [5.74, 6) is -0.669. The summed E-state index contributed by atoms with van der Waals surface area (Å²) >= 11 is 0. The van der Waals surface area contributed by atoms with E-state index in [1.54, 1.807) is 30.3 Å². The van der Waals surface area contributed by atoms with E-state index in [1.807, 2.05) is 6.07 Å². The molecule has 0 saturated heterocycles. The molecule has 1 N–H and O–H groups in total. The van der Waals surface area contributed by atoms with E-state index in [4.69, 9.17) is 5.26 Å². The summed E-state index contributed by atoms with van der Waals surface area (Å²) in [6, 6.07) is 8.92. The van der Waals surface area contributed by atoms with Crippen LogP contribution in [0.2, 0.25) is 0 Å². The topological polar surface area (TPSA) is 79.2 Å². The molecule has 1 amide bonds. The largest absolute Gasteiger partial charge is 0.469 e. The van der Waals surface area contributed by atoms with Crippen LogP contribution in [-0.2, 0) is 14.3 Å². The van der Waals surface area contributed by atoms with Crippen LogP contribution in [0.15, 0.2) is 30.3 Å². The van der Waals surface area contributed by atoms with E-state index in [2.05, 4.69) is 10.1 Å². The third-order valence-corrected chi connectivity index (χ3v) is 2.30. The average molecular weight is 258 g/mol. The molecule has 0 saturated carbocycles. The zero-order valence-corrected chi connectivity index (χ0v) is 10.6. The number of nitrogens with one attached hydrogen (secondary N) is 1. The van der Waals surface area contributed by atoms with Gasteiger partial charge in [0.2, 0.25) is 5.91 Å². The predicted molar refractivity (Wildman–Crippen MR) is 69.8 cm³/mol. The summed E-state index contributed by atoms with van der Waals surface area (Å²) in [5.41, 5.74) is 1.30. The van der Waals surface area contributed by atoms with Crippen LogP contribution in [0.4, 0.5) is 0 Å². The molecule has 0 aliphatic heterocycles. The minimum absolute atomic E-state index is 0.139. The van der Waals surface area contributed by atoms with Gasteiger partial charge in [-0.15, -0.1) is 0 Å². The van der Waals surface area contributed by atoms with Crippen LogP contribution in [0.5, 0.6) is 0 Å². The molecule has 1 aromatic carbocycles. The first kappa shape index (κ1) is 14.5. The molecule has 0 spiro atoms. The minimum Gasteiger partial charge on any atom is -0.469 e. The highest BCUT2D eigenvalue weighted by atomic mass is 16.5. The van der Waals surface area contributed by atoms with E-state index in [9.17, 15) is 9.59 Å². The van der Waals surface area contributed by atoms with E-state index in [-0.39, 0.29) is 24.8 Å². The van der Waals surface area contributed by atoms with Crippen molar-refractivity contribution in [3.63, 3.8) is 0 Å². The predicted octanol–water partition coefficient (Wildman–Crippen LogP) is 1.25. The van der Waals surface area contributed by atoms with Crippen molar-refractivity contribution in [1.29, 1.82) is 5.26 Å². The normalized spacial score (nSPS) is 9.89. The van der Waals surface area contributed by atoms with Crippen molar-refractivity contribution < 1.29 is 14.3 Å². The van der Waals surface area contributed by atoms with Gasteiger partial charge in [0.1, 0.15) is 0 Å². The number of hydrogen-bond acceptors (Lipinski definition) is 4. The first-order chi connectivity index (χ1) is 9.15. The summed E-state index contributed by atoms with van der Waals surface area (Å²) in [6.07, 6.45) is 3.10. The van der Waals surface area contributed by atoms with E-state index < -0.39 is 0 Å². The molecule has 0 fully saturated rings. The summed E-state index contributed by atoms with van der Waals surface area (Å²) < 4.78 is 4.45. The third-order valence-electron chi connectivity index (χ3n) is 2.30. The van der Waals surface area contributed by atoms with Crippen LogP contribution in [0.1, 0.15) is 17.5 Å². The van der Waals surface area contributed by atoms with Crippen molar-refractivity contribution in [3.8, 4) is 6.07 Å². The van der Waals surface area contributed by atoms with Crippen molar-refractivity contribution in [3.05, 3.63) is 41.5 Å². The molecule has 1 rings (SSSR count). The zero-order valence-electron chi connectivity index (χ0n) is 10.6. The highest BCUT2D eigenvalue weighted by Crippen LogP contribution is 2.05. The number of methoxy groups -OCH3 is 1. The molecule has 19 heavy (non-hydrogen) atoms. The molecule has 0 radical (unpaired) electrons. The van der Waals surface area contributed by atoms with Gasteiger partial charge in [0.05, 0.1) is 25.2 Å². The van der Waals surface area contributed by atoms with E-state index in [1.165, 1.54) is 13.2 Å². The van der Waals surface area contributed by atoms with Gasteiger partial charge >= 0.3 is 5.97 Å². The van der Waals surface area contributed by atoms with Gasteiger partial charge < -0.3 is 10.1 Å². The van der Waals surface area contributed by atoms with Gasteiger partial charge in [-0.05, 0) is 23.8 Å². The number of rotatable bonds is 5. The first-order valence-corrected chi connectivity index (χ1v) is 5.68. The monoisotopic (exact) mass is 258 g/mol. The number of esters is 1. The number of carbonyl (C=O) groups excluding carboxylic acids is 2. The molecule has 0 heterocycles. The third kappa shape index (κ3) is 5.50. The molecule has 5 nitrogen and oxygen atoms in total. The molecule has 0 unspecified atom stereocenters. The van der Waals surface area contributed by atoms with Gasteiger partial charge in [-0.1, -0.05) is 12.1 Å². The Bertz CT molecular complexity index is 530. The number of nitrogens with zero attached hydrogens (tertiary/aromatic N) is 1. The Morgan fingerprint density at radius 1 is 1.47 bits per heavy atom. The molecule has 0 aromatic heterocycles. The van der Waals surface area contributed by atoms with Gasteiger partial charge in [0, 0.05) is 12.6 Å². The Morgan fingerprint density at radius 2 is 2.26 bits per heavy atom. The molecule has 98 valence electrons. The van der Waals surface area contributed by atoms with Gasteiger partial charge in [-0.3, -0.25) is 9.59 Å². The Morgan fingerprint density at radius 3 is 2.95 bits per heavy atom. The zero-order chi connectivity index (χ0) is 14.1. The van der Waals surface area contributed by atoms with Crippen molar-refractivity contribution in [2.45, 2.75) is 6.42 Å². The number of carbonyl (C=O) groups is 2. The lowest BCUT2D eigenvalue weighted by Crippen LogP contribution is -2.24. The van der Waals surface area contributed by atoms with Crippen LogP contribution in [0.3, 0.4) is 0 Å². The maximum atomic E-state index is 11.4. The van der Waals surface area contributed by atoms with Gasteiger partial charge in [0.25, 0.3) is 0 Å². The van der Waals surface area contributed by atoms with Crippen molar-refractivity contribution in [2.75, 3.05) is 13.7 Å². The van der Waals surface area contributed by atoms with Crippen molar-refractivity contribution in [2.24, 2.45) is 0 Å². The van der Waals surface area contributed by atoms with Gasteiger partial charge in [-0.2, -0.15) is 5.26 Å². The first-order valence-electron chi connectivity index (χ1n) is 5.68. The fourth-order valence-electron chi connectivity index (χ4n) is 1.33. The molecule has 1 aromatic rings. The quantitative estimate of drug-likeness (QED) is 0.636. The molecule has 0 bridgehead atoms. The fraction of sp³-hybridized carbons (Fsp3) is 0.214. The smallest absolute Gasteiger partial charge is 0.307 e. The molecule has 5 heteroatoms. The highest BCUT2D eigenvalue weighted by Gasteiger charge is 2.00. The van der Waals surface area contributed by atoms with E-state index in [0.29, 0.717) is 5.56 Å². The average Bonchev–Trinajstić information content (AvgIpc) is 2.45. The second kappa shape index (κ2) is 7.67. The second-order valence-electron chi connectivity index (χ2n) is 3.69.